The number of hydrogen-bond donors (Lipinski definition) is 0. The maximum absolute atomic E-state index is 5.05. The van der Waals surface area contributed by atoms with Crippen LogP contribution in [0.15, 0.2) is 22.9 Å². The number of hydrogen-bond acceptors (Lipinski definition) is 2. The van der Waals surface area contributed by atoms with Crippen molar-refractivity contribution in [3.8, 4) is 16.9 Å². The first-order chi connectivity index (χ1) is 5.40. The molecule has 0 fully saturated rings. The van der Waals surface area contributed by atoms with E-state index in [0.29, 0.717) is 0 Å². The summed E-state index contributed by atoms with van der Waals surface area (Å²) in [6, 6.07) is 7.17. The third-order valence-corrected chi connectivity index (χ3v) is 2.27. The topological polar surface area (TPSA) is 9.23 Å². The lowest BCUT2D eigenvalue weighted by molar-refractivity contribution is 0.415. The minimum atomic E-state index is 0.818. The van der Waals surface area contributed by atoms with E-state index in [0.717, 1.165) is 11.3 Å². The van der Waals surface area contributed by atoms with Gasteiger partial charge in [-0.05, 0) is 34.0 Å². The molecular weight excluding hydrogens is 156 g/mol. The van der Waals surface area contributed by atoms with Crippen LogP contribution < -0.4 is 4.74 Å². The van der Waals surface area contributed by atoms with Crippen molar-refractivity contribution >= 4 is 11.3 Å². The summed E-state index contributed by atoms with van der Waals surface area (Å²) in [4.78, 5) is 0. The highest BCUT2D eigenvalue weighted by Crippen LogP contribution is 2.30. The van der Waals surface area contributed by atoms with Gasteiger partial charge in [-0.25, -0.2) is 0 Å². The van der Waals surface area contributed by atoms with Crippen molar-refractivity contribution in [1.82, 2.24) is 0 Å². The quantitative estimate of drug-likeness (QED) is 0.628. The highest BCUT2D eigenvalue weighted by atomic mass is 32.1. The van der Waals surface area contributed by atoms with E-state index in [9.17, 15) is 0 Å². The second kappa shape index (κ2) is 2.55. The number of rotatable bonds is 1. The first kappa shape index (κ1) is 6.68. The zero-order valence-electron chi connectivity index (χ0n) is 6.13. The molecule has 1 heterocycles. The van der Waals surface area contributed by atoms with Gasteiger partial charge in [0.05, 0.1) is 7.11 Å². The van der Waals surface area contributed by atoms with Crippen LogP contribution in [-0.4, -0.2) is 7.11 Å². The molecule has 2 rings (SSSR count). The molecule has 0 saturated carbocycles. The SMILES string of the molecule is COc1[c]c2ccscc-2c1. The highest BCUT2D eigenvalue weighted by molar-refractivity contribution is 7.07. The molecule has 0 aromatic carbocycles. The summed E-state index contributed by atoms with van der Waals surface area (Å²) in [5.74, 6) is 0.818. The van der Waals surface area contributed by atoms with Crippen LogP contribution in [0.1, 0.15) is 0 Å². The Hall–Kier alpha value is -1.02. The van der Waals surface area contributed by atoms with Gasteiger partial charge in [0.15, 0.2) is 0 Å². The molecule has 0 amide bonds. The Labute approximate surface area is 69.6 Å². The van der Waals surface area contributed by atoms with E-state index in [1.807, 2.05) is 17.5 Å². The molecule has 0 aromatic rings. The van der Waals surface area contributed by atoms with Gasteiger partial charge in [0.25, 0.3) is 0 Å². The van der Waals surface area contributed by atoms with Gasteiger partial charge in [-0.15, -0.1) is 0 Å². The fraction of sp³-hybridized carbons (Fsp3) is 0.111. The van der Waals surface area contributed by atoms with Gasteiger partial charge < -0.3 is 4.74 Å². The predicted molar refractivity (Wildman–Crippen MR) is 46.3 cm³/mol. The summed E-state index contributed by atoms with van der Waals surface area (Å²) >= 11 is 1.68. The second-order valence-electron chi connectivity index (χ2n) is 2.26. The van der Waals surface area contributed by atoms with Gasteiger partial charge in [0, 0.05) is 6.07 Å². The van der Waals surface area contributed by atoms with Crippen molar-refractivity contribution in [3.63, 3.8) is 0 Å². The molecule has 55 valence electrons. The molecule has 0 N–H and O–H groups in total. The summed E-state index contributed by atoms with van der Waals surface area (Å²) in [5, 5.41) is 4.13. The normalized spacial score (nSPS) is 10.3. The summed E-state index contributed by atoms with van der Waals surface area (Å²) in [5.41, 5.74) is 2.33. The van der Waals surface area contributed by atoms with Crippen molar-refractivity contribution in [2.75, 3.05) is 7.11 Å². The first-order valence-corrected chi connectivity index (χ1v) is 4.26. The van der Waals surface area contributed by atoms with Crippen molar-refractivity contribution in [2.45, 2.75) is 0 Å². The van der Waals surface area contributed by atoms with Crippen LogP contribution in [0.5, 0.6) is 5.75 Å². The van der Waals surface area contributed by atoms with Gasteiger partial charge in [-0.2, -0.15) is 11.3 Å². The number of ether oxygens (including phenoxy) is 1. The Morgan fingerprint density at radius 2 is 2.45 bits per heavy atom. The number of fused-ring (bicyclic) bond motifs is 1. The van der Waals surface area contributed by atoms with Crippen LogP contribution in [0, 0.1) is 6.07 Å². The minimum Gasteiger partial charge on any atom is -0.496 e. The smallest absolute Gasteiger partial charge is 0.128 e. The maximum Gasteiger partial charge on any atom is 0.128 e. The van der Waals surface area contributed by atoms with Crippen molar-refractivity contribution in [1.29, 1.82) is 0 Å². The van der Waals surface area contributed by atoms with Gasteiger partial charge in [0.2, 0.25) is 0 Å². The van der Waals surface area contributed by atoms with Crippen molar-refractivity contribution in [3.05, 3.63) is 29.0 Å². The molecule has 11 heavy (non-hydrogen) atoms. The van der Waals surface area contributed by atoms with Crippen LogP contribution in [-0.2, 0) is 0 Å². The van der Waals surface area contributed by atoms with Crippen LogP contribution in [0.2, 0.25) is 0 Å². The molecule has 1 nitrogen and oxygen atoms in total. The standard InChI is InChI=1S/C9H7OS/c1-10-9-4-7-2-3-11-6-8(7)5-9/h2-3,5-6H,1H3. The molecule has 0 aromatic heterocycles. The van der Waals surface area contributed by atoms with E-state index in [1.165, 1.54) is 5.56 Å². The summed E-state index contributed by atoms with van der Waals surface area (Å²) in [6.45, 7) is 0. The van der Waals surface area contributed by atoms with Gasteiger partial charge in [-0.3, -0.25) is 0 Å². The van der Waals surface area contributed by atoms with Gasteiger partial charge in [-0.1, -0.05) is 0 Å². The molecular formula is C9H7OS. The van der Waals surface area contributed by atoms with Crippen LogP contribution >= 0.6 is 11.3 Å². The van der Waals surface area contributed by atoms with Gasteiger partial charge >= 0.3 is 0 Å². The lowest BCUT2D eigenvalue weighted by Gasteiger charge is -1.90. The lowest BCUT2D eigenvalue weighted by atomic mass is 10.2. The van der Waals surface area contributed by atoms with Crippen LogP contribution in [0.25, 0.3) is 11.1 Å². The fourth-order valence-electron chi connectivity index (χ4n) is 1.03. The van der Waals surface area contributed by atoms with Crippen molar-refractivity contribution < 1.29 is 4.74 Å². The second-order valence-corrected chi connectivity index (χ2v) is 3.04. The first-order valence-electron chi connectivity index (χ1n) is 3.32. The number of methoxy groups -OCH3 is 1. The zero-order chi connectivity index (χ0) is 7.68. The molecule has 1 aliphatic heterocycles. The van der Waals surface area contributed by atoms with E-state index in [4.69, 9.17) is 4.74 Å². The summed E-state index contributed by atoms with van der Waals surface area (Å²) in [6.07, 6.45) is 0. The van der Waals surface area contributed by atoms with E-state index in [2.05, 4.69) is 11.4 Å². The van der Waals surface area contributed by atoms with Crippen LogP contribution in [0.3, 0.4) is 0 Å². The third kappa shape index (κ3) is 1.10. The fourth-order valence-corrected chi connectivity index (χ4v) is 1.66. The van der Waals surface area contributed by atoms with E-state index in [-0.39, 0.29) is 0 Å². The third-order valence-electron chi connectivity index (χ3n) is 1.58. The summed E-state index contributed by atoms with van der Waals surface area (Å²) in [7, 11) is 1.66. The Kier molecular flexibility index (Phi) is 1.55. The molecule has 1 aliphatic carbocycles. The molecule has 0 saturated heterocycles. The van der Waals surface area contributed by atoms with E-state index < -0.39 is 0 Å². The Morgan fingerprint density at radius 3 is 3.18 bits per heavy atom. The molecule has 0 atom stereocenters. The molecule has 0 bridgehead atoms. The molecule has 2 heteroatoms. The highest BCUT2D eigenvalue weighted by Gasteiger charge is 2.05. The predicted octanol–water partition coefficient (Wildman–Crippen LogP) is 2.66. The van der Waals surface area contributed by atoms with Crippen molar-refractivity contribution in [2.24, 2.45) is 0 Å². The molecule has 2 aliphatic rings. The average Bonchev–Trinajstić information content (AvgIpc) is 2.46. The molecule has 1 radical (unpaired) electrons. The average molecular weight is 163 g/mol. The Bertz CT molecular complexity index is 296. The van der Waals surface area contributed by atoms with E-state index in [1.54, 1.807) is 18.4 Å². The van der Waals surface area contributed by atoms with Crippen LogP contribution in [0.4, 0.5) is 0 Å². The zero-order valence-corrected chi connectivity index (χ0v) is 6.94. The maximum atomic E-state index is 5.05. The summed E-state index contributed by atoms with van der Waals surface area (Å²) < 4.78 is 5.05. The van der Waals surface area contributed by atoms with E-state index >= 15 is 0 Å². The lowest BCUT2D eigenvalue weighted by Crippen LogP contribution is -1.75. The Balaban J connectivity index is 2.60. The molecule has 0 unspecified atom stereocenters. The van der Waals surface area contributed by atoms with Gasteiger partial charge in [0.1, 0.15) is 5.75 Å². The largest absolute Gasteiger partial charge is 0.496 e. The minimum absolute atomic E-state index is 0.818. The monoisotopic (exact) mass is 163 g/mol. The molecule has 0 spiro atoms. The Morgan fingerprint density at radius 1 is 1.55 bits per heavy atom.